The Morgan fingerprint density at radius 1 is 0.352 bits per heavy atom. The zero-order chi connectivity index (χ0) is 36.3. The summed E-state index contributed by atoms with van der Waals surface area (Å²) in [5.74, 6) is 0. The predicted molar refractivity (Wildman–Crippen MR) is 235 cm³/mol. The van der Waals surface area contributed by atoms with E-state index >= 15 is 0 Å². The van der Waals surface area contributed by atoms with Gasteiger partial charge in [0.15, 0.2) is 0 Å². The largest absolute Gasteiger partial charge is 0.113 e. The van der Waals surface area contributed by atoms with Crippen LogP contribution < -0.4 is 10.4 Å². The van der Waals surface area contributed by atoms with Crippen LogP contribution in [0.15, 0.2) is 170 Å². The highest BCUT2D eigenvalue weighted by atomic mass is 28.3. The molecule has 0 N–H and O–H groups in total. The molecule has 0 atom stereocenters. The van der Waals surface area contributed by atoms with Gasteiger partial charge in [-0.15, -0.1) is 0 Å². The summed E-state index contributed by atoms with van der Waals surface area (Å²) >= 11 is 0. The molecule has 1 aliphatic carbocycles. The van der Waals surface area contributed by atoms with Crippen molar-refractivity contribution >= 4 is 50.8 Å². The lowest BCUT2D eigenvalue weighted by Gasteiger charge is -2.23. The fourth-order valence-electron chi connectivity index (χ4n) is 10.1. The van der Waals surface area contributed by atoms with Crippen LogP contribution in [0.1, 0.15) is 25.0 Å². The summed E-state index contributed by atoms with van der Waals surface area (Å²) in [7, 11) is -1.77. The molecule has 1 aliphatic heterocycles. The average Bonchev–Trinajstić information content (AvgIpc) is 3.58. The maximum absolute atomic E-state index is 2.50. The third kappa shape index (κ3) is 4.36. The van der Waals surface area contributed by atoms with Gasteiger partial charge in [-0.2, -0.15) is 0 Å². The Morgan fingerprint density at radius 3 is 1.74 bits per heavy atom. The Bertz CT molecular complexity index is 3050. The lowest BCUT2D eigenvalue weighted by atomic mass is 9.80. The summed E-state index contributed by atoms with van der Waals surface area (Å²) in [5.41, 5.74) is 15.9. The fourth-order valence-corrected chi connectivity index (χ4v) is 13.2. The first-order valence-corrected chi connectivity index (χ1v) is 22.3. The molecule has 0 unspecified atom stereocenters. The van der Waals surface area contributed by atoms with Gasteiger partial charge in [0.2, 0.25) is 0 Å². The third-order valence-corrected chi connectivity index (χ3v) is 16.4. The second kappa shape index (κ2) is 11.2. The van der Waals surface area contributed by atoms with E-state index in [4.69, 9.17) is 0 Å². The molecule has 9 aromatic carbocycles. The molecule has 54 heavy (non-hydrogen) atoms. The predicted octanol–water partition coefficient (Wildman–Crippen LogP) is 13.3. The first-order valence-electron chi connectivity index (χ1n) is 19.3. The van der Waals surface area contributed by atoms with Crippen LogP contribution in [-0.4, -0.2) is 8.07 Å². The van der Waals surface area contributed by atoms with E-state index in [1.165, 1.54) is 104 Å². The molecule has 2 aliphatic rings. The number of fused-ring (bicyclic) bond motifs is 9. The Morgan fingerprint density at radius 2 is 0.907 bits per heavy atom. The van der Waals surface area contributed by atoms with E-state index in [9.17, 15) is 0 Å². The lowest BCUT2D eigenvalue weighted by molar-refractivity contribution is 0.660. The highest BCUT2D eigenvalue weighted by molar-refractivity contribution is 7.03. The van der Waals surface area contributed by atoms with Crippen molar-refractivity contribution in [2.45, 2.75) is 32.4 Å². The maximum Gasteiger partial charge on any atom is 0.113 e. The molecule has 0 saturated carbocycles. The zero-order valence-electron chi connectivity index (χ0n) is 31.2. The highest BCUT2D eigenvalue weighted by Crippen LogP contribution is 2.51. The Balaban J connectivity index is 1.21. The van der Waals surface area contributed by atoms with E-state index in [2.05, 4.69) is 197 Å². The Kier molecular flexibility index (Phi) is 6.56. The highest BCUT2D eigenvalue weighted by Gasteiger charge is 2.38. The summed E-state index contributed by atoms with van der Waals surface area (Å²) in [4.78, 5) is 0. The van der Waals surface area contributed by atoms with Gasteiger partial charge in [-0.1, -0.05) is 173 Å². The molecule has 256 valence electrons. The van der Waals surface area contributed by atoms with E-state index < -0.39 is 8.07 Å². The normalized spacial score (nSPS) is 14.6. The van der Waals surface area contributed by atoms with E-state index in [-0.39, 0.29) is 5.41 Å². The summed E-state index contributed by atoms with van der Waals surface area (Å²) in [5, 5.41) is 10.8. The van der Waals surface area contributed by atoms with Crippen molar-refractivity contribution in [1.82, 2.24) is 0 Å². The molecule has 0 spiro atoms. The van der Waals surface area contributed by atoms with Crippen molar-refractivity contribution in [2.75, 3.05) is 0 Å². The summed E-state index contributed by atoms with van der Waals surface area (Å²) in [6.45, 7) is 9.77. The van der Waals surface area contributed by atoms with Crippen molar-refractivity contribution in [2.24, 2.45) is 0 Å². The van der Waals surface area contributed by atoms with Crippen molar-refractivity contribution in [3.05, 3.63) is 181 Å². The molecule has 0 fully saturated rings. The van der Waals surface area contributed by atoms with Gasteiger partial charge in [-0.3, -0.25) is 0 Å². The van der Waals surface area contributed by atoms with Crippen molar-refractivity contribution in [1.29, 1.82) is 0 Å². The van der Waals surface area contributed by atoms with Gasteiger partial charge in [-0.25, -0.2) is 0 Å². The van der Waals surface area contributed by atoms with Crippen LogP contribution in [-0.2, 0) is 5.41 Å². The lowest BCUT2D eigenvalue weighted by Crippen LogP contribution is -2.49. The molecule has 9 aromatic rings. The zero-order valence-corrected chi connectivity index (χ0v) is 32.2. The first kappa shape index (κ1) is 31.5. The van der Waals surface area contributed by atoms with E-state index in [1.54, 1.807) is 5.19 Å². The number of benzene rings is 9. The van der Waals surface area contributed by atoms with E-state index in [1.807, 2.05) is 0 Å². The Labute approximate surface area is 318 Å². The third-order valence-electron chi connectivity index (χ3n) is 12.9. The van der Waals surface area contributed by atoms with Gasteiger partial charge in [0, 0.05) is 5.41 Å². The van der Waals surface area contributed by atoms with Crippen LogP contribution in [0.25, 0.3) is 88.0 Å². The standard InChI is InChI=1S/C53H40Si/c1-53(2)47-19-11-9-15-39(47)40-26-24-38(32-48(40)53)52-43-18-8-7-17-42(43)51(37-25-28-50-45(31-37)41-16-10-12-20-49(41)54(50,3)4)44-27-23-36(30-46(44)52)35-22-21-33-13-5-6-14-34(33)29-35/h5-32H,1-4H3. The summed E-state index contributed by atoms with van der Waals surface area (Å²) < 4.78 is 0. The van der Waals surface area contributed by atoms with Crippen LogP contribution in [0.4, 0.5) is 0 Å². The van der Waals surface area contributed by atoms with Crippen molar-refractivity contribution < 1.29 is 0 Å². The van der Waals surface area contributed by atoms with Gasteiger partial charge in [0.05, 0.1) is 0 Å². The van der Waals surface area contributed by atoms with Gasteiger partial charge in [0.1, 0.15) is 8.07 Å². The maximum atomic E-state index is 2.50. The Hall–Kier alpha value is -6.02. The fraction of sp³-hybridized carbons (Fsp3) is 0.0943. The molecule has 0 nitrogen and oxygen atoms in total. The second-order valence-electron chi connectivity index (χ2n) is 16.5. The number of rotatable bonds is 3. The summed E-state index contributed by atoms with van der Waals surface area (Å²) in [6, 6.07) is 64.6. The minimum atomic E-state index is -1.77. The topological polar surface area (TPSA) is 0 Å². The smallest absolute Gasteiger partial charge is 0.0623 e. The minimum absolute atomic E-state index is 0.0818. The molecule has 0 amide bonds. The quantitative estimate of drug-likeness (QED) is 0.127. The molecule has 0 radical (unpaired) electrons. The monoisotopic (exact) mass is 704 g/mol. The summed E-state index contributed by atoms with van der Waals surface area (Å²) in [6.07, 6.45) is 0. The van der Waals surface area contributed by atoms with Crippen LogP contribution in [0.2, 0.25) is 13.1 Å². The molecule has 0 saturated heterocycles. The molecule has 1 heteroatoms. The molecule has 11 rings (SSSR count). The van der Waals surface area contributed by atoms with Gasteiger partial charge >= 0.3 is 0 Å². The SMILES string of the molecule is CC1(C)c2ccccc2-c2ccc(-c3c4ccccc4c(-c4ccc5c(c4)-c4ccccc4[Si]5(C)C)c4ccc(-c5ccc6ccccc6c5)cc34)cc21. The number of hydrogen-bond donors (Lipinski definition) is 0. The van der Waals surface area contributed by atoms with Crippen LogP contribution in [0.3, 0.4) is 0 Å². The van der Waals surface area contributed by atoms with Crippen molar-refractivity contribution in [3.8, 4) is 55.6 Å². The molecule has 0 bridgehead atoms. The van der Waals surface area contributed by atoms with Gasteiger partial charge in [-0.05, 0) is 134 Å². The molecular formula is C53H40Si. The molecule has 1 heterocycles. The minimum Gasteiger partial charge on any atom is -0.0623 e. The van der Waals surface area contributed by atoms with Crippen LogP contribution in [0.5, 0.6) is 0 Å². The number of hydrogen-bond acceptors (Lipinski definition) is 0. The van der Waals surface area contributed by atoms with Crippen LogP contribution in [0, 0.1) is 0 Å². The van der Waals surface area contributed by atoms with Gasteiger partial charge in [0.25, 0.3) is 0 Å². The van der Waals surface area contributed by atoms with Crippen LogP contribution >= 0.6 is 0 Å². The van der Waals surface area contributed by atoms with E-state index in [0.717, 1.165) is 0 Å². The molecular weight excluding hydrogens is 665 g/mol. The molecule has 0 aromatic heterocycles. The van der Waals surface area contributed by atoms with Gasteiger partial charge < -0.3 is 0 Å². The van der Waals surface area contributed by atoms with Crippen molar-refractivity contribution in [3.63, 3.8) is 0 Å². The van der Waals surface area contributed by atoms with E-state index in [0.29, 0.717) is 0 Å². The first-order chi connectivity index (χ1) is 26.3. The second-order valence-corrected chi connectivity index (χ2v) is 20.8. The average molecular weight is 705 g/mol.